The Morgan fingerprint density at radius 3 is 2.40 bits per heavy atom. The van der Waals surface area contributed by atoms with Crippen molar-refractivity contribution in [3.05, 3.63) is 30.3 Å². The third kappa shape index (κ3) is 5.88. The fourth-order valence-electron chi connectivity index (χ4n) is 1.17. The first-order valence-corrected chi connectivity index (χ1v) is 5.22. The molecule has 0 aliphatic carbocycles. The van der Waals surface area contributed by atoms with Gasteiger partial charge >= 0.3 is 0 Å². The Labute approximate surface area is 102 Å². The second-order valence-electron chi connectivity index (χ2n) is 3.54. The highest BCUT2D eigenvalue weighted by Gasteiger charge is 2.17. The number of benzene rings is 1. The standard InChI is InChI=1S/C11H16ClNO.ClH/c1-11(2,13-9-8-12)14-10-6-4-3-5-7-10;/h3-7,13H,8-9H2,1-2H3;1H. The molecule has 2 nitrogen and oxygen atoms in total. The molecule has 86 valence electrons. The fourth-order valence-corrected chi connectivity index (χ4v) is 1.26. The molecule has 4 heteroatoms. The van der Waals surface area contributed by atoms with Crippen LogP contribution in [0.3, 0.4) is 0 Å². The molecule has 0 aliphatic rings. The molecule has 0 atom stereocenters. The van der Waals surface area contributed by atoms with E-state index in [4.69, 9.17) is 16.3 Å². The van der Waals surface area contributed by atoms with E-state index < -0.39 is 0 Å². The summed E-state index contributed by atoms with van der Waals surface area (Å²) >= 11 is 5.59. The summed E-state index contributed by atoms with van der Waals surface area (Å²) in [5.41, 5.74) is -0.379. The molecule has 1 N–H and O–H groups in total. The number of rotatable bonds is 5. The number of hydrogen-bond donors (Lipinski definition) is 1. The predicted molar refractivity (Wildman–Crippen MR) is 67.1 cm³/mol. The summed E-state index contributed by atoms with van der Waals surface area (Å²) in [5, 5.41) is 3.20. The van der Waals surface area contributed by atoms with Gasteiger partial charge in [-0.2, -0.15) is 0 Å². The van der Waals surface area contributed by atoms with Crippen molar-refractivity contribution >= 4 is 24.0 Å². The third-order valence-corrected chi connectivity index (χ3v) is 1.95. The first-order chi connectivity index (χ1) is 6.64. The summed E-state index contributed by atoms with van der Waals surface area (Å²) in [6, 6.07) is 9.74. The van der Waals surface area contributed by atoms with E-state index in [1.54, 1.807) is 0 Å². The molecule has 1 aromatic carbocycles. The minimum atomic E-state index is -0.379. The van der Waals surface area contributed by atoms with Crippen molar-refractivity contribution in [2.24, 2.45) is 0 Å². The molecular formula is C11H17Cl2NO. The number of para-hydroxylation sites is 1. The molecule has 0 amide bonds. The van der Waals surface area contributed by atoms with Crippen molar-refractivity contribution in [1.82, 2.24) is 5.32 Å². The molecule has 0 heterocycles. The van der Waals surface area contributed by atoms with Crippen LogP contribution in [-0.2, 0) is 0 Å². The van der Waals surface area contributed by atoms with E-state index in [9.17, 15) is 0 Å². The number of hydrogen-bond acceptors (Lipinski definition) is 2. The summed E-state index contributed by atoms with van der Waals surface area (Å²) in [7, 11) is 0. The van der Waals surface area contributed by atoms with E-state index in [1.807, 2.05) is 44.2 Å². The average molecular weight is 250 g/mol. The van der Waals surface area contributed by atoms with Gasteiger partial charge < -0.3 is 4.74 Å². The molecule has 0 saturated carbocycles. The number of halogens is 2. The van der Waals surface area contributed by atoms with Crippen LogP contribution < -0.4 is 10.1 Å². The minimum absolute atomic E-state index is 0. The van der Waals surface area contributed by atoms with Crippen LogP contribution in [0.2, 0.25) is 0 Å². The lowest BCUT2D eigenvalue weighted by molar-refractivity contribution is 0.0739. The van der Waals surface area contributed by atoms with E-state index in [0.29, 0.717) is 5.88 Å². The highest BCUT2D eigenvalue weighted by molar-refractivity contribution is 6.18. The zero-order valence-electron chi connectivity index (χ0n) is 9.00. The maximum Gasteiger partial charge on any atom is 0.155 e. The maximum absolute atomic E-state index is 5.73. The Bertz CT molecular complexity index is 265. The van der Waals surface area contributed by atoms with E-state index in [1.165, 1.54) is 0 Å². The lowest BCUT2D eigenvalue weighted by Crippen LogP contribution is -2.45. The number of alkyl halides is 1. The summed E-state index contributed by atoms with van der Waals surface area (Å²) in [5.74, 6) is 1.45. The number of nitrogens with one attached hydrogen (secondary N) is 1. The summed E-state index contributed by atoms with van der Waals surface area (Å²) in [6.07, 6.45) is 0. The van der Waals surface area contributed by atoms with Crippen molar-refractivity contribution in [3.63, 3.8) is 0 Å². The summed E-state index contributed by atoms with van der Waals surface area (Å²) in [4.78, 5) is 0. The van der Waals surface area contributed by atoms with Crippen LogP contribution >= 0.6 is 24.0 Å². The Morgan fingerprint density at radius 2 is 1.87 bits per heavy atom. The van der Waals surface area contributed by atoms with E-state index >= 15 is 0 Å². The van der Waals surface area contributed by atoms with Crippen LogP contribution in [0.1, 0.15) is 13.8 Å². The van der Waals surface area contributed by atoms with Gasteiger partial charge in [0.15, 0.2) is 5.72 Å². The van der Waals surface area contributed by atoms with Gasteiger partial charge in [0, 0.05) is 12.4 Å². The average Bonchev–Trinajstić information content (AvgIpc) is 2.16. The second-order valence-corrected chi connectivity index (χ2v) is 3.92. The Balaban J connectivity index is 0.00000196. The Hall–Kier alpha value is -0.440. The minimum Gasteiger partial charge on any atom is -0.473 e. The van der Waals surface area contributed by atoms with Crippen molar-refractivity contribution in [1.29, 1.82) is 0 Å². The zero-order chi connectivity index (χ0) is 10.4. The quantitative estimate of drug-likeness (QED) is 0.640. The summed E-state index contributed by atoms with van der Waals surface area (Å²) in [6.45, 7) is 4.69. The second kappa shape index (κ2) is 6.94. The van der Waals surface area contributed by atoms with Crippen molar-refractivity contribution in [2.75, 3.05) is 12.4 Å². The smallest absolute Gasteiger partial charge is 0.155 e. The first-order valence-electron chi connectivity index (χ1n) is 4.69. The van der Waals surface area contributed by atoms with Crippen LogP contribution in [0.4, 0.5) is 0 Å². The molecular weight excluding hydrogens is 233 g/mol. The number of ether oxygens (including phenoxy) is 1. The molecule has 0 radical (unpaired) electrons. The largest absolute Gasteiger partial charge is 0.473 e. The van der Waals surface area contributed by atoms with Crippen LogP contribution in [0.15, 0.2) is 30.3 Å². The van der Waals surface area contributed by atoms with Crippen molar-refractivity contribution in [3.8, 4) is 5.75 Å². The first kappa shape index (κ1) is 14.6. The van der Waals surface area contributed by atoms with Crippen LogP contribution in [-0.4, -0.2) is 18.1 Å². The zero-order valence-corrected chi connectivity index (χ0v) is 10.6. The Kier molecular flexibility index (Phi) is 6.73. The Morgan fingerprint density at radius 1 is 1.27 bits per heavy atom. The molecule has 0 saturated heterocycles. The summed E-state index contributed by atoms with van der Waals surface area (Å²) < 4.78 is 5.73. The van der Waals surface area contributed by atoms with Gasteiger partial charge in [0.2, 0.25) is 0 Å². The molecule has 0 spiro atoms. The monoisotopic (exact) mass is 249 g/mol. The van der Waals surface area contributed by atoms with Gasteiger partial charge in [-0.05, 0) is 26.0 Å². The van der Waals surface area contributed by atoms with Crippen LogP contribution in [0.25, 0.3) is 0 Å². The van der Waals surface area contributed by atoms with E-state index in [-0.39, 0.29) is 18.1 Å². The third-order valence-electron chi connectivity index (χ3n) is 1.76. The van der Waals surface area contributed by atoms with Crippen molar-refractivity contribution < 1.29 is 4.74 Å². The van der Waals surface area contributed by atoms with Crippen LogP contribution in [0.5, 0.6) is 5.75 Å². The van der Waals surface area contributed by atoms with Gasteiger partial charge in [0.1, 0.15) is 5.75 Å². The van der Waals surface area contributed by atoms with Gasteiger partial charge in [-0.15, -0.1) is 24.0 Å². The molecule has 0 aromatic heterocycles. The fraction of sp³-hybridized carbons (Fsp3) is 0.455. The normalized spacial score (nSPS) is 10.6. The molecule has 0 fully saturated rings. The molecule has 1 rings (SSSR count). The molecule has 1 aromatic rings. The molecule has 0 bridgehead atoms. The van der Waals surface area contributed by atoms with E-state index in [0.717, 1.165) is 12.3 Å². The predicted octanol–water partition coefficient (Wildman–Crippen LogP) is 3.05. The molecule has 0 unspecified atom stereocenters. The lowest BCUT2D eigenvalue weighted by atomic mass is 10.3. The van der Waals surface area contributed by atoms with Gasteiger partial charge in [-0.3, -0.25) is 5.32 Å². The van der Waals surface area contributed by atoms with Crippen LogP contribution in [0, 0.1) is 0 Å². The van der Waals surface area contributed by atoms with Gasteiger partial charge in [-0.1, -0.05) is 18.2 Å². The lowest BCUT2D eigenvalue weighted by Gasteiger charge is -2.27. The topological polar surface area (TPSA) is 21.3 Å². The van der Waals surface area contributed by atoms with Crippen molar-refractivity contribution in [2.45, 2.75) is 19.6 Å². The van der Waals surface area contributed by atoms with E-state index in [2.05, 4.69) is 5.32 Å². The molecule has 0 aliphatic heterocycles. The van der Waals surface area contributed by atoms with Gasteiger partial charge in [-0.25, -0.2) is 0 Å². The van der Waals surface area contributed by atoms with Gasteiger partial charge in [0.05, 0.1) is 0 Å². The highest BCUT2D eigenvalue weighted by Crippen LogP contribution is 2.15. The maximum atomic E-state index is 5.73. The molecule has 15 heavy (non-hydrogen) atoms. The SMILES string of the molecule is CC(C)(NCCCl)Oc1ccccc1.Cl. The highest BCUT2D eigenvalue weighted by atomic mass is 35.5. The van der Waals surface area contributed by atoms with Gasteiger partial charge in [0.25, 0.3) is 0 Å².